The molecule has 0 spiro atoms. The summed E-state index contributed by atoms with van der Waals surface area (Å²) in [6.45, 7) is 3.11. The van der Waals surface area contributed by atoms with Crippen molar-refractivity contribution in [2.45, 2.75) is 50.4 Å². The molecule has 1 aliphatic carbocycles. The summed E-state index contributed by atoms with van der Waals surface area (Å²) in [7, 11) is 0. The number of aromatic nitrogens is 3. The third-order valence-corrected chi connectivity index (χ3v) is 6.44. The van der Waals surface area contributed by atoms with Gasteiger partial charge in [-0.2, -0.15) is 4.98 Å². The monoisotopic (exact) mass is 382 g/mol. The van der Waals surface area contributed by atoms with Gasteiger partial charge in [-0.05, 0) is 44.2 Å². The van der Waals surface area contributed by atoms with Crippen molar-refractivity contribution in [3.05, 3.63) is 29.8 Å². The second-order valence-electron chi connectivity index (χ2n) is 8.22. The zero-order valence-electron chi connectivity index (χ0n) is 16.0. The minimum Gasteiger partial charge on any atom is -0.381 e. The lowest BCUT2D eigenvalue weighted by Gasteiger charge is -2.35. The summed E-state index contributed by atoms with van der Waals surface area (Å²) in [4.78, 5) is 23.6. The fourth-order valence-corrected chi connectivity index (χ4v) is 4.36. The highest BCUT2D eigenvalue weighted by Crippen LogP contribution is 2.33. The first-order valence-corrected chi connectivity index (χ1v) is 10.4. The van der Waals surface area contributed by atoms with Gasteiger partial charge in [-0.3, -0.25) is 9.78 Å². The van der Waals surface area contributed by atoms with Crippen LogP contribution in [0.3, 0.4) is 0 Å². The minimum atomic E-state index is 0.257. The van der Waals surface area contributed by atoms with Gasteiger partial charge in [0.2, 0.25) is 5.91 Å². The molecule has 1 atom stereocenters. The van der Waals surface area contributed by atoms with Crippen LogP contribution in [-0.2, 0) is 9.53 Å². The third kappa shape index (κ3) is 3.43. The predicted molar refractivity (Wildman–Crippen MR) is 102 cm³/mol. The summed E-state index contributed by atoms with van der Waals surface area (Å²) < 4.78 is 11.0. The lowest BCUT2D eigenvalue weighted by atomic mass is 9.83. The molecule has 2 saturated heterocycles. The van der Waals surface area contributed by atoms with E-state index in [4.69, 9.17) is 9.26 Å². The van der Waals surface area contributed by atoms with E-state index in [-0.39, 0.29) is 11.8 Å². The summed E-state index contributed by atoms with van der Waals surface area (Å²) in [6, 6.07) is 3.95. The molecule has 7 nitrogen and oxygen atoms in total. The van der Waals surface area contributed by atoms with Crippen LogP contribution in [0.5, 0.6) is 0 Å². The highest BCUT2D eigenvalue weighted by molar-refractivity contribution is 5.79. The van der Waals surface area contributed by atoms with Crippen LogP contribution in [0.4, 0.5) is 0 Å². The number of nitrogens with zero attached hydrogens (tertiary/aromatic N) is 4. The molecule has 3 fully saturated rings. The molecule has 1 amide bonds. The lowest BCUT2D eigenvalue weighted by molar-refractivity contribution is -0.139. The first kappa shape index (κ1) is 17.8. The Labute approximate surface area is 164 Å². The van der Waals surface area contributed by atoms with Gasteiger partial charge in [0, 0.05) is 54.9 Å². The zero-order chi connectivity index (χ0) is 18.9. The Bertz CT molecular complexity index is 834. The number of ether oxygens (including phenoxy) is 1. The van der Waals surface area contributed by atoms with Crippen molar-refractivity contribution in [2.75, 3.05) is 26.3 Å². The topological polar surface area (TPSA) is 81.4 Å². The Hall–Kier alpha value is -2.28. The maximum Gasteiger partial charge on any atom is 0.258 e. The zero-order valence-corrected chi connectivity index (χ0v) is 16.0. The van der Waals surface area contributed by atoms with E-state index in [0.29, 0.717) is 17.7 Å². The van der Waals surface area contributed by atoms with E-state index in [0.717, 1.165) is 75.5 Å². The third-order valence-electron chi connectivity index (χ3n) is 6.44. The van der Waals surface area contributed by atoms with E-state index in [1.54, 1.807) is 6.20 Å². The fourth-order valence-electron chi connectivity index (χ4n) is 4.36. The van der Waals surface area contributed by atoms with Crippen LogP contribution < -0.4 is 0 Å². The largest absolute Gasteiger partial charge is 0.381 e. The molecular formula is C21H26N4O3. The van der Waals surface area contributed by atoms with E-state index < -0.39 is 0 Å². The molecule has 148 valence electrons. The summed E-state index contributed by atoms with van der Waals surface area (Å²) in [5.41, 5.74) is 1.94. The van der Waals surface area contributed by atoms with Crippen LogP contribution >= 0.6 is 0 Å². The van der Waals surface area contributed by atoms with Crippen molar-refractivity contribution in [2.24, 2.45) is 5.92 Å². The molecule has 1 saturated carbocycles. The molecule has 5 rings (SSSR count). The maximum atomic E-state index is 12.4. The van der Waals surface area contributed by atoms with Crippen LogP contribution in [-0.4, -0.2) is 52.2 Å². The van der Waals surface area contributed by atoms with Crippen LogP contribution in [0.25, 0.3) is 11.5 Å². The van der Waals surface area contributed by atoms with Gasteiger partial charge in [-0.1, -0.05) is 11.6 Å². The van der Waals surface area contributed by atoms with Gasteiger partial charge in [0.15, 0.2) is 5.82 Å². The number of hydrogen-bond donors (Lipinski definition) is 0. The van der Waals surface area contributed by atoms with Crippen molar-refractivity contribution in [3.8, 4) is 11.5 Å². The van der Waals surface area contributed by atoms with Crippen LogP contribution in [0.15, 0.2) is 22.9 Å². The second kappa shape index (κ2) is 7.62. The molecule has 0 aromatic carbocycles. The quantitative estimate of drug-likeness (QED) is 0.808. The van der Waals surface area contributed by atoms with E-state index >= 15 is 0 Å². The van der Waals surface area contributed by atoms with E-state index in [2.05, 4.69) is 15.1 Å². The highest BCUT2D eigenvalue weighted by Gasteiger charge is 2.33. The Balaban J connectivity index is 1.24. The first-order valence-electron chi connectivity index (χ1n) is 10.4. The number of amides is 1. The maximum absolute atomic E-state index is 12.4. The van der Waals surface area contributed by atoms with Gasteiger partial charge in [0.1, 0.15) is 0 Å². The molecule has 0 unspecified atom stereocenters. The van der Waals surface area contributed by atoms with E-state index in [9.17, 15) is 4.79 Å². The molecule has 0 radical (unpaired) electrons. The summed E-state index contributed by atoms with van der Waals surface area (Å²) in [5, 5.41) is 4.24. The minimum absolute atomic E-state index is 0.257. The number of piperidine rings is 1. The molecule has 28 heavy (non-hydrogen) atoms. The normalized spacial score (nSPS) is 23.7. The fraction of sp³-hybridized carbons (Fsp3) is 0.619. The highest BCUT2D eigenvalue weighted by atomic mass is 16.5. The molecule has 2 aromatic rings. The Morgan fingerprint density at radius 2 is 1.96 bits per heavy atom. The Kier molecular flexibility index (Phi) is 4.84. The summed E-state index contributed by atoms with van der Waals surface area (Å²) in [6.07, 6.45) is 7.93. The lowest BCUT2D eigenvalue weighted by Crippen LogP contribution is -2.43. The smallest absolute Gasteiger partial charge is 0.258 e. The van der Waals surface area contributed by atoms with Crippen molar-refractivity contribution < 1.29 is 14.1 Å². The molecule has 2 aromatic heterocycles. The molecule has 0 N–H and O–H groups in total. The van der Waals surface area contributed by atoms with Gasteiger partial charge in [-0.25, -0.2) is 0 Å². The number of pyridine rings is 1. The Morgan fingerprint density at radius 3 is 2.68 bits per heavy atom. The molecule has 3 aliphatic rings. The average Bonchev–Trinajstić information content (AvgIpc) is 3.39. The van der Waals surface area contributed by atoms with Crippen molar-refractivity contribution in [1.29, 1.82) is 0 Å². The summed E-state index contributed by atoms with van der Waals surface area (Å²) >= 11 is 0. The van der Waals surface area contributed by atoms with E-state index in [1.807, 2.05) is 17.0 Å². The number of likely N-dealkylation sites (tertiary alicyclic amines) is 1. The Morgan fingerprint density at radius 1 is 1.11 bits per heavy atom. The van der Waals surface area contributed by atoms with Gasteiger partial charge in [-0.15, -0.1) is 0 Å². The summed E-state index contributed by atoms with van der Waals surface area (Å²) in [5.74, 6) is 2.53. The van der Waals surface area contributed by atoms with Crippen LogP contribution in [0.2, 0.25) is 0 Å². The molecular weight excluding hydrogens is 356 g/mol. The average molecular weight is 382 g/mol. The number of hydrogen-bond acceptors (Lipinski definition) is 6. The van der Waals surface area contributed by atoms with Crippen molar-refractivity contribution in [3.63, 3.8) is 0 Å². The number of carbonyl (C=O) groups is 1. The molecule has 7 heteroatoms. The number of rotatable bonds is 4. The molecule has 2 aliphatic heterocycles. The number of carbonyl (C=O) groups excluding carboxylic acids is 1. The molecule has 4 heterocycles. The first-order chi connectivity index (χ1) is 13.8. The standard InChI is InChI=1S/C21H26N4O3/c26-21(15-2-1-3-15)25-9-5-14(6-10-25)19-23-20(28-24-19)16-4-8-22-18(12-16)17-7-11-27-13-17/h4,8,12,14-15,17H,1-3,5-7,9-11,13H2/t17-/m0/s1. The van der Waals surface area contributed by atoms with Crippen molar-refractivity contribution in [1.82, 2.24) is 20.0 Å². The SMILES string of the molecule is O=C(C1CCC1)N1CCC(c2noc(-c3ccnc([C@H]4CCOC4)c3)n2)CC1. The molecule has 0 bridgehead atoms. The van der Waals surface area contributed by atoms with Gasteiger partial charge in [0.05, 0.1) is 6.61 Å². The van der Waals surface area contributed by atoms with Crippen molar-refractivity contribution >= 4 is 5.91 Å². The van der Waals surface area contributed by atoms with Gasteiger partial charge < -0.3 is 14.2 Å². The van der Waals surface area contributed by atoms with Crippen LogP contribution in [0, 0.1) is 5.92 Å². The van der Waals surface area contributed by atoms with E-state index in [1.165, 1.54) is 6.42 Å². The second-order valence-corrected chi connectivity index (χ2v) is 8.22. The van der Waals surface area contributed by atoms with Gasteiger partial charge >= 0.3 is 0 Å². The van der Waals surface area contributed by atoms with Crippen LogP contribution in [0.1, 0.15) is 61.9 Å². The van der Waals surface area contributed by atoms with Gasteiger partial charge in [0.25, 0.3) is 5.89 Å². The predicted octanol–water partition coefficient (Wildman–Crippen LogP) is 3.14.